The van der Waals surface area contributed by atoms with Crippen LogP contribution in [0, 0.1) is 0 Å². The Hall–Kier alpha value is -1.41. The van der Waals surface area contributed by atoms with E-state index in [0.29, 0.717) is 0 Å². The Labute approximate surface area is 102 Å². The predicted molar refractivity (Wildman–Crippen MR) is 70.9 cm³/mol. The lowest BCUT2D eigenvalue weighted by Gasteiger charge is -2.30. The number of hydrogen-bond acceptors (Lipinski definition) is 2. The summed E-state index contributed by atoms with van der Waals surface area (Å²) in [6.45, 7) is 4.22. The summed E-state index contributed by atoms with van der Waals surface area (Å²) < 4.78 is 0. The van der Waals surface area contributed by atoms with Gasteiger partial charge in [0.15, 0.2) is 0 Å². The van der Waals surface area contributed by atoms with Crippen LogP contribution >= 0.6 is 0 Å². The lowest BCUT2D eigenvalue weighted by atomic mass is 9.82. The van der Waals surface area contributed by atoms with E-state index in [1.165, 1.54) is 5.39 Å². The Morgan fingerprint density at radius 3 is 2.47 bits per heavy atom. The number of pyridine rings is 1. The highest BCUT2D eigenvalue weighted by Crippen LogP contribution is 2.54. The Kier molecular flexibility index (Phi) is 2.08. The van der Waals surface area contributed by atoms with Crippen LogP contribution in [0.5, 0.6) is 0 Å². The third-order valence-corrected chi connectivity index (χ3v) is 4.07. The molecule has 1 saturated carbocycles. The molecule has 2 nitrogen and oxygen atoms in total. The van der Waals surface area contributed by atoms with Crippen LogP contribution in [-0.2, 0) is 5.41 Å². The quantitative estimate of drug-likeness (QED) is 0.855. The van der Waals surface area contributed by atoms with Crippen LogP contribution in [-0.4, -0.2) is 10.5 Å². The van der Waals surface area contributed by atoms with Gasteiger partial charge in [-0.1, -0.05) is 24.3 Å². The molecule has 2 N–H and O–H groups in total. The van der Waals surface area contributed by atoms with E-state index < -0.39 is 0 Å². The monoisotopic (exact) mass is 226 g/mol. The third-order valence-electron chi connectivity index (χ3n) is 4.07. The standard InChI is InChI=1S/C15H18N2/c1-14(2,16)15(9-10-15)13-8-7-11-5-3-4-6-12(11)17-13/h3-8H,9-10,16H2,1-2H3. The molecule has 1 heterocycles. The number of aromatic nitrogens is 1. The van der Waals surface area contributed by atoms with Gasteiger partial charge in [0.1, 0.15) is 0 Å². The van der Waals surface area contributed by atoms with Gasteiger partial charge >= 0.3 is 0 Å². The topological polar surface area (TPSA) is 38.9 Å². The molecule has 88 valence electrons. The molecule has 1 fully saturated rings. The largest absolute Gasteiger partial charge is 0.325 e. The minimum atomic E-state index is -0.192. The number of benzene rings is 1. The average molecular weight is 226 g/mol. The molecular formula is C15H18N2. The lowest BCUT2D eigenvalue weighted by molar-refractivity contribution is 0.385. The van der Waals surface area contributed by atoms with Crippen molar-refractivity contribution in [2.75, 3.05) is 0 Å². The first-order valence-corrected chi connectivity index (χ1v) is 6.18. The van der Waals surface area contributed by atoms with Crippen LogP contribution < -0.4 is 5.73 Å². The molecule has 0 bridgehead atoms. The third kappa shape index (κ3) is 1.55. The van der Waals surface area contributed by atoms with Crippen LogP contribution in [0.1, 0.15) is 32.4 Å². The van der Waals surface area contributed by atoms with Gasteiger partial charge in [0.25, 0.3) is 0 Å². The zero-order chi connectivity index (χ0) is 12.1. The second-order valence-corrected chi connectivity index (χ2v) is 5.69. The molecule has 0 radical (unpaired) electrons. The van der Waals surface area contributed by atoms with Crippen molar-refractivity contribution in [3.63, 3.8) is 0 Å². The van der Waals surface area contributed by atoms with Gasteiger partial charge in [-0.25, -0.2) is 0 Å². The van der Waals surface area contributed by atoms with E-state index in [-0.39, 0.29) is 11.0 Å². The molecule has 1 aliphatic rings. The Morgan fingerprint density at radius 2 is 1.82 bits per heavy atom. The SMILES string of the molecule is CC(C)(N)C1(c2ccc3ccccc3n2)CC1. The first-order valence-electron chi connectivity index (χ1n) is 6.18. The van der Waals surface area contributed by atoms with Gasteiger partial charge in [-0.3, -0.25) is 4.98 Å². The summed E-state index contributed by atoms with van der Waals surface area (Å²) in [5.41, 5.74) is 8.44. The summed E-state index contributed by atoms with van der Waals surface area (Å²) in [5.74, 6) is 0. The molecule has 2 aromatic rings. The van der Waals surface area contributed by atoms with Crippen molar-refractivity contribution >= 4 is 10.9 Å². The molecule has 0 spiro atoms. The number of para-hydroxylation sites is 1. The molecule has 1 aromatic carbocycles. The molecule has 0 unspecified atom stereocenters. The van der Waals surface area contributed by atoms with Crippen molar-refractivity contribution in [2.45, 2.75) is 37.6 Å². The van der Waals surface area contributed by atoms with Crippen LogP contribution in [0.2, 0.25) is 0 Å². The van der Waals surface area contributed by atoms with Gasteiger partial charge in [-0.05, 0) is 38.8 Å². The smallest absolute Gasteiger partial charge is 0.0705 e. The first-order chi connectivity index (χ1) is 8.03. The molecular weight excluding hydrogens is 208 g/mol. The Morgan fingerprint density at radius 1 is 1.12 bits per heavy atom. The summed E-state index contributed by atoms with van der Waals surface area (Å²) in [7, 11) is 0. The number of hydrogen-bond donors (Lipinski definition) is 1. The van der Waals surface area contributed by atoms with Crippen molar-refractivity contribution in [1.29, 1.82) is 0 Å². The van der Waals surface area contributed by atoms with Crippen molar-refractivity contribution in [2.24, 2.45) is 5.73 Å². The summed E-state index contributed by atoms with van der Waals surface area (Å²) in [5, 5.41) is 1.20. The first kappa shape index (κ1) is 10.7. The van der Waals surface area contributed by atoms with E-state index in [1.54, 1.807) is 0 Å². The highest BCUT2D eigenvalue weighted by atomic mass is 14.9. The normalized spacial score (nSPS) is 18.3. The highest BCUT2D eigenvalue weighted by Gasteiger charge is 2.54. The maximum absolute atomic E-state index is 6.31. The summed E-state index contributed by atoms with van der Waals surface area (Å²) in [4.78, 5) is 4.80. The molecule has 0 atom stereocenters. The minimum absolute atomic E-state index is 0.0943. The van der Waals surface area contributed by atoms with Crippen LogP contribution in [0.3, 0.4) is 0 Å². The lowest BCUT2D eigenvalue weighted by Crippen LogP contribution is -2.45. The van der Waals surface area contributed by atoms with E-state index in [0.717, 1.165) is 24.1 Å². The molecule has 1 aromatic heterocycles. The molecule has 1 aliphatic carbocycles. The van der Waals surface area contributed by atoms with Crippen molar-refractivity contribution < 1.29 is 0 Å². The van der Waals surface area contributed by atoms with Gasteiger partial charge < -0.3 is 5.73 Å². The fourth-order valence-electron chi connectivity index (χ4n) is 2.69. The van der Waals surface area contributed by atoms with Gasteiger partial charge in [-0.2, -0.15) is 0 Å². The van der Waals surface area contributed by atoms with Crippen molar-refractivity contribution in [3.05, 3.63) is 42.1 Å². The second kappa shape index (κ2) is 3.30. The molecule has 2 heteroatoms. The van der Waals surface area contributed by atoms with Crippen LogP contribution in [0.15, 0.2) is 36.4 Å². The fourth-order valence-corrected chi connectivity index (χ4v) is 2.69. The maximum Gasteiger partial charge on any atom is 0.0705 e. The van der Waals surface area contributed by atoms with Crippen LogP contribution in [0.25, 0.3) is 10.9 Å². The number of fused-ring (bicyclic) bond motifs is 1. The summed E-state index contributed by atoms with van der Waals surface area (Å²) in [6, 6.07) is 12.5. The molecule has 0 aliphatic heterocycles. The zero-order valence-electron chi connectivity index (χ0n) is 10.4. The minimum Gasteiger partial charge on any atom is -0.325 e. The summed E-state index contributed by atoms with van der Waals surface area (Å²) in [6.07, 6.45) is 2.31. The van der Waals surface area contributed by atoms with Crippen LogP contribution in [0.4, 0.5) is 0 Å². The Bertz CT molecular complexity index is 562. The molecule has 0 saturated heterocycles. The van der Waals surface area contributed by atoms with Crippen molar-refractivity contribution in [3.8, 4) is 0 Å². The maximum atomic E-state index is 6.31. The second-order valence-electron chi connectivity index (χ2n) is 5.69. The van der Waals surface area contributed by atoms with Gasteiger partial charge in [0.2, 0.25) is 0 Å². The highest BCUT2D eigenvalue weighted by molar-refractivity contribution is 5.78. The summed E-state index contributed by atoms with van der Waals surface area (Å²) >= 11 is 0. The van der Waals surface area contributed by atoms with E-state index in [2.05, 4.69) is 38.1 Å². The average Bonchev–Trinajstić information content (AvgIpc) is 3.09. The van der Waals surface area contributed by atoms with Crippen molar-refractivity contribution in [1.82, 2.24) is 4.98 Å². The molecule has 3 rings (SSSR count). The molecule has 0 amide bonds. The number of nitrogens with zero attached hydrogens (tertiary/aromatic N) is 1. The van der Waals surface area contributed by atoms with E-state index in [1.807, 2.05) is 12.1 Å². The Balaban J connectivity index is 2.13. The van der Waals surface area contributed by atoms with E-state index >= 15 is 0 Å². The van der Waals surface area contributed by atoms with Gasteiger partial charge in [0.05, 0.1) is 5.52 Å². The van der Waals surface area contributed by atoms with E-state index in [4.69, 9.17) is 10.7 Å². The molecule has 17 heavy (non-hydrogen) atoms. The zero-order valence-corrected chi connectivity index (χ0v) is 10.4. The predicted octanol–water partition coefficient (Wildman–Crippen LogP) is 3.00. The number of rotatable bonds is 2. The van der Waals surface area contributed by atoms with E-state index in [9.17, 15) is 0 Å². The number of nitrogens with two attached hydrogens (primary N) is 1. The van der Waals surface area contributed by atoms with Gasteiger partial charge in [-0.15, -0.1) is 0 Å². The van der Waals surface area contributed by atoms with Gasteiger partial charge in [0, 0.05) is 22.0 Å². The fraction of sp³-hybridized carbons (Fsp3) is 0.400.